The Labute approximate surface area is 128 Å². The lowest BCUT2D eigenvalue weighted by Crippen LogP contribution is -2.18. The summed E-state index contributed by atoms with van der Waals surface area (Å²) in [4.78, 5) is 16.1. The smallest absolute Gasteiger partial charge is 0.255 e. The van der Waals surface area contributed by atoms with Gasteiger partial charge in [-0.15, -0.1) is 0 Å². The summed E-state index contributed by atoms with van der Waals surface area (Å²) < 4.78 is 7.04. The molecule has 1 atom stereocenters. The zero-order chi connectivity index (χ0) is 15.4. The summed E-state index contributed by atoms with van der Waals surface area (Å²) in [7, 11) is 0. The molecule has 5 heteroatoms. The predicted molar refractivity (Wildman–Crippen MR) is 82.0 cm³/mol. The van der Waals surface area contributed by atoms with Crippen LogP contribution in [0.15, 0.2) is 67.3 Å². The van der Waals surface area contributed by atoms with Crippen LogP contribution in [-0.2, 0) is 0 Å². The third-order valence-electron chi connectivity index (χ3n) is 3.35. The first-order chi connectivity index (χ1) is 10.7. The molecule has 22 heavy (non-hydrogen) atoms. The largest absolute Gasteiger partial charge is 0.457 e. The van der Waals surface area contributed by atoms with Gasteiger partial charge in [0.1, 0.15) is 24.2 Å². The van der Waals surface area contributed by atoms with Crippen molar-refractivity contribution >= 4 is 5.91 Å². The first-order valence-corrected chi connectivity index (χ1v) is 6.96. The van der Waals surface area contributed by atoms with Crippen molar-refractivity contribution in [3.8, 4) is 11.5 Å². The summed E-state index contributed by atoms with van der Waals surface area (Å²) in [6.07, 6.45) is 2.75. The number of aromatic nitrogens is 3. The average molecular weight is 293 g/mol. The zero-order valence-electron chi connectivity index (χ0n) is 12.1. The van der Waals surface area contributed by atoms with Gasteiger partial charge in [0.25, 0.3) is 5.91 Å². The van der Waals surface area contributed by atoms with Crippen LogP contribution in [0, 0.1) is 0 Å². The fraction of sp³-hybridized carbons (Fsp3) is 0.118. The van der Waals surface area contributed by atoms with Crippen LogP contribution in [-0.4, -0.2) is 20.7 Å². The molecule has 0 aliphatic rings. The van der Waals surface area contributed by atoms with Gasteiger partial charge in [-0.25, -0.2) is 4.98 Å². The van der Waals surface area contributed by atoms with Gasteiger partial charge in [-0.3, -0.25) is 4.79 Å². The number of para-hydroxylation sites is 1. The molecule has 2 aromatic carbocycles. The van der Waals surface area contributed by atoms with Crippen LogP contribution >= 0.6 is 0 Å². The van der Waals surface area contributed by atoms with E-state index in [1.165, 1.54) is 17.3 Å². The Morgan fingerprint density at radius 2 is 1.86 bits per heavy atom. The molecule has 0 fully saturated rings. The molecule has 5 nitrogen and oxygen atoms in total. The van der Waals surface area contributed by atoms with E-state index in [0.717, 1.165) is 11.3 Å². The van der Waals surface area contributed by atoms with E-state index < -0.39 is 0 Å². The normalized spacial score (nSPS) is 11.9. The van der Waals surface area contributed by atoms with Gasteiger partial charge in [-0.2, -0.15) is 9.78 Å². The number of hydrogen-bond acceptors (Lipinski definition) is 4. The van der Waals surface area contributed by atoms with Gasteiger partial charge in [0.05, 0.1) is 5.92 Å². The minimum atomic E-state index is -0.332. The number of hydrogen-bond donors (Lipinski definition) is 0. The van der Waals surface area contributed by atoms with Crippen LogP contribution in [0.1, 0.15) is 23.2 Å². The van der Waals surface area contributed by atoms with Crippen LogP contribution in [0.2, 0.25) is 0 Å². The Morgan fingerprint density at radius 3 is 2.59 bits per heavy atom. The Morgan fingerprint density at radius 1 is 1.09 bits per heavy atom. The van der Waals surface area contributed by atoms with E-state index in [0.29, 0.717) is 5.75 Å². The molecule has 0 amide bonds. The Hall–Kier alpha value is -2.95. The molecule has 3 aromatic rings. The van der Waals surface area contributed by atoms with Crippen molar-refractivity contribution in [2.45, 2.75) is 12.8 Å². The maximum Gasteiger partial charge on any atom is 0.255 e. The third-order valence-corrected chi connectivity index (χ3v) is 3.35. The van der Waals surface area contributed by atoms with E-state index in [1.807, 2.05) is 61.5 Å². The highest BCUT2D eigenvalue weighted by atomic mass is 16.5. The molecular weight excluding hydrogens is 278 g/mol. The van der Waals surface area contributed by atoms with Crippen molar-refractivity contribution in [1.29, 1.82) is 0 Å². The second-order valence-corrected chi connectivity index (χ2v) is 4.89. The van der Waals surface area contributed by atoms with E-state index in [9.17, 15) is 4.79 Å². The molecule has 3 rings (SSSR count). The predicted octanol–water partition coefficient (Wildman–Crippen LogP) is 3.51. The summed E-state index contributed by atoms with van der Waals surface area (Å²) in [5.74, 6) is 0.993. The standard InChI is InChI=1S/C17H15N3O2/c1-13(17(21)20-12-18-11-19-20)14-6-5-9-16(10-14)22-15-7-3-2-4-8-15/h2-13H,1H3. The highest BCUT2D eigenvalue weighted by Gasteiger charge is 2.18. The van der Waals surface area contributed by atoms with Gasteiger partial charge >= 0.3 is 0 Å². The molecular formula is C17H15N3O2. The number of ether oxygens (including phenoxy) is 1. The van der Waals surface area contributed by atoms with Crippen LogP contribution in [0.4, 0.5) is 0 Å². The summed E-state index contributed by atoms with van der Waals surface area (Å²) in [5, 5.41) is 3.88. The Balaban J connectivity index is 1.80. The molecule has 0 radical (unpaired) electrons. The van der Waals surface area contributed by atoms with E-state index in [4.69, 9.17) is 4.74 Å². The zero-order valence-corrected chi connectivity index (χ0v) is 12.1. The van der Waals surface area contributed by atoms with Gasteiger partial charge < -0.3 is 4.74 Å². The highest BCUT2D eigenvalue weighted by Crippen LogP contribution is 2.25. The second-order valence-electron chi connectivity index (χ2n) is 4.89. The molecule has 0 saturated carbocycles. The topological polar surface area (TPSA) is 57.0 Å². The summed E-state index contributed by atoms with van der Waals surface area (Å²) in [5.41, 5.74) is 0.869. The quantitative estimate of drug-likeness (QED) is 0.738. The first-order valence-electron chi connectivity index (χ1n) is 6.96. The molecule has 1 aromatic heterocycles. The molecule has 1 unspecified atom stereocenters. The maximum atomic E-state index is 12.3. The molecule has 0 N–H and O–H groups in total. The lowest BCUT2D eigenvalue weighted by atomic mass is 10.0. The fourth-order valence-electron chi connectivity index (χ4n) is 2.14. The van der Waals surface area contributed by atoms with Gasteiger partial charge in [0.2, 0.25) is 0 Å². The molecule has 110 valence electrons. The van der Waals surface area contributed by atoms with Crippen LogP contribution in [0.5, 0.6) is 11.5 Å². The summed E-state index contributed by atoms with van der Waals surface area (Å²) in [6, 6.07) is 17.0. The van der Waals surface area contributed by atoms with Gasteiger partial charge in [0, 0.05) is 0 Å². The van der Waals surface area contributed by atoms with Crippen molar-refractivity contribution in [2.24, 2.45) is 0 Å². The SMILES string of the molecule is CC(C(=O)n1cncn1)c1cccc(Oc2ccccc2)c1. The minimum Gasteiger partial charge on any atom is -0.457 e. The molecule has 0 saturated heterocycles. The van der Waals surface area contributed by atoms with E-state index in [2.05, 4.69) is 10.1 Å². The van der Waals surface area contributed by atoms with E-state index in [1.54, 1.807) is 0 Å². The van der Waals surface area contributed by atoms with Crippen molar-refractivity contribution in [3.63, 3.8) is 0 Å². The van der Waals surface area contributed by atoms with E-state index >= 15 is 0 Å². The highest BCUT2D eigenvalue weighted by molar-refractivity contribution is 5.84. The number of carbonyl (C=O) groups excluding carboxylic acids is 1. The van der Waals surface area contributed by atoms with Crippen molar-refractivity contribution < 1.29 is 9.53 Å². The Kier molecular flexibility index (Phi) is 3.96. The number of benzene rings is 2. The van der Waals surface area contributed by atoms with Gasteiger partial charge in [-0.05, 0) is 36.8 Å². The number of nitrogens with zero attached hydrogens (tertiary/aromatic N) is 3. The van der Waals surface area contributed by atoms with Crippen molar-refractivity contribution in [1.82, 2.24) is 14.8 Å². The molecule has 1 heterocycles. The van der Waals surface area contributed by atoms with Crippen molar-refractivity contribution in [3.05, 3.63) is 72.8 Å². The molecule has 0 aliphatic heterocycles. The Bertz CT molecular complexity index is 755. The number of carbonyl (C=O) groups is 1. The lowest BCUT2D eigenvalue weighted by molar-refractivity contribution is 0.0868. The minimum absolute atomic E-state index is 0.130. The lowest BCUT2D eigenvalue weighted by Gasteiger charge is -2.12. The fourth-order valence-corrected chi connectivity index (χ4v) is 2.14. The monoisotopic (exact) mass is 293 g/mol. The molecule has 0 bridgehead atoms. The van der Waals surface area contributed by atoms with Crippen LogP contribution in [0.25, 0.3) is 0 Å². The van der Waals surface area contributed by atoms with Gasteiger partial charge in [0.15, 0.2) is 0 Å². The van der Waals surface area contributed by atoms with E-state index in [-0.39, 0.29) is 11.8 Å². The summed E-state index contributed by atoms with van der Waals surface area (Å²) >= 11 is 0. The average Bonchev–Trinajstić information content (AvgIpc) is 3.09. The maximum absolute atomic E-state index is 12.3. The van der Waals surface area contributed by atoms with Crippen molar-refractivity contribution in [2.75, 3.05) is 0 Å². The number of rotatable bonds is 4. The van der Waals surface area contributed by atoms with Gasteiger partial charge in [-0.1, -0.05) is 30.3 Å². The molecule has 0 aliphatic carbocycles. The van der Waals surface area contributed by atoms with Crippen LogP contribution < -0.4 is 4.74 Å². The first kappa shape index (κ1) is 14.0. The molecule has 0 spiro atoms. The third kappa shape index (κ3) is 3.03. The summed E-state index contributed by atoms with van der Waals surface area (Å²) in [6.45, 7) is 1.84. The van der Waals surface area contributed by atoms with Crippen LogP contribution in [0.3, 0.4) is 0 Å². The second kappa shape index (κ2) is 6.22.